The third-order valence-corrected chi connectivity index (χ3v) is 4.91. The van der Waals surface area contributed by atoms with Crippen molar-refractivity contribution in [3.05, 3.63) is 41.0 Å². The normalized spacial score (nSPS) is 22.2. The fourth-order valence-electron chi connectivity index (χ4n) is 3.35. The molecule has 1 saturated carbocycles. The molecule has 0 aliphatic heterocycles. The standard InChI is InChI=1S/C18H21ClN6O2/c1-22-27-14-6-7-16(11(8-14)9-20)25-10-15(17(21)26)18(24-25)23-13-4-2-12(19)3-5-13/h2-5,10-11,14,16,22H,6-8H2,1H3,(H2,21,26)(H,23,24)/t11?,14?,16-/m0/s1. The topological polar surface area (TPSA) is 118 Å². The highest BCUT2D eigenvalue weighted by Crippen LogP contribution is 2.35. The summed E-state index contributed by atoms with van der Waals surface area (Å²) in [7, 11) is 1.70. The van der Waals surface area contributed by atoms with Crippen molar-refractivity contribution in [2.24, 2.45) is 11.7 Å². The first kappa shape index (κ1) is 19.2. The summed E-state index contributed by atoms with van der Waals surface area (Å²) in [4.78, 5) is 17.3. The molecule has 3 atom stereocenters. The van der Waals surface area contributed by atoms with Crippen LogP contribution in [0.3, 0.4) is 0 Å². The van der Waals surface area contributed by atoms with Crippen LogP contribution in [0.4, 0.5) is 11.5 Å². The molecule has 0 radical (unpaired) electrons. The number of nitriles is 1. The summed E-state index contributed by atoms with van der Waals surface area (Å²) in [5.41, 5.74) is 9.21. The number of anilines is 2. The van der Waals surface area contributed by atoms with E-state index in [-0.39, 0.29) is 23.6 Å². The maximum absolute atomic E-state index is 11.9. The Labute approximate surface area is 162 Å². The lowest BCUT2D eigenvalue weighted by atomic mass is 9.84. The Kier molecular flexibility index (Phi) is 5.96. The molecule has 0 spiro atoms. The number of carbonyl (C=O) groups is 1. The zero-order valence-electron chi connectivity index (χ0n) is 14.9. The number of benzene rings is 1. The number of hydroxylamine groups is 1. The van der Waals surface area contributed by atoms with Crippen molar-refractivity contribution in [1.82, 2.24) is 15.3 Å². The first-order valence-corrected chi connectivity index (χ1v) is 9.03. The van der Waals surface area contributed by atoms with Gasteiger partial charge in [0.15, 0.2) is 5.82 Å². The molecular weight excluding hydrogens is 368 g/mol. The van der Waals surface area contributed by atoms with Gasteiger partial charge in [0.1, 0.15) is 5.56 Å². The van der Waals surface area contributed by atoms with Gasteiger partial charge in [0.25, 0.3) is 5.91 Å². The highest BCUT2D eigenvalue weighted by molar-refractivity contribution is 6.30. The SMILES string of the molecule is CNOC1CC[C@H](n2cc(C(N)=O)c(Nc3ccc(Cl)cc3)n2)C(C#N)C1. The fourth-order valence-corrected chi connectivity index (χ4v) is 3.48. The monoisotopic (exact) mass is 388 g/mol. The fraction of sp³-hybridized carbons (Fsp3) is 0.389. The Hall–Kier alpha value is -2.60. The van der Waals surface area contributed by atoms with E-state index in [0.717, 1.165) is 12.1 Å². The van der Waals surface area contributed by atoms with Gasteiger partial charge in [-0.2, -0.15) is 10.4 Å². The van der Waals surface area contributed by atoms with Gasteiger partial charge in [0.05, 0.1) is 24.1 Å². The van der Waals surface area contributed by atoms with E-state index in [4.69, 9.17) is 22.2 Å². The number of rotatable bonds is 6. The minimum Gasteiger partial charge on any atom is -0.365 e. The number of hydrogen-bond acceptors (Lipinski definition) is 6. The van der Waals surface area contributed by atoms with Gasteiger partial charge in [-0.25, -0.2) is 5.48 Å². The highest BCUT2D eigenvalue weighted by Gasteiger charge is 2.34. The molecule has 2 unspecified atom stereocenters. The molecular formula is C18H21ClN6O2. The number of carbonyl (C=O) groups excluding carboxylic acids is 1. The van der Waals surface area contributed by atoms with Crippen LogP contribution in [-0.4, -0.2) is 28.8 Å². The van der Waals surface area contributed by atoms with Crippen LogP contribution in [-0.2, 0) is 4.84 Å². The van der Waals surface area contributed by atoms with E-state index >= 15 is 0 Å². The minimum atomic E-state index is -0.585. The van der Waals surface area contributed by atoms with Crippen LogP contribution < -0.4 is 16.5 Å². The van der Waals surface area contributed by atoms with Crippen molar-refractivity contribution in [2.75, 3.05) is 12.4 Å². The smallest absolute Gasteiger partial charge is 0.254 e. The molecule has 27 heavy (non-hydrogen) atoms. The lowest BCUT2D eigenvalue weighted by Crippen LogP contribution is -2.33. The Balaban J connectivity index is 1.85. The Morgan fingerprint density at radius 2 is 2.15 bits per heavy atom. The van der Waals surface area contributed by atoms with Crippen molar-refractivity contribution in [1.29, 1.82) is 5.26 Å². The third kappa shape index (κ3) is 4.39. The Morgan fingerprint density at radius 3 is 2.78 bits per heavy atom. The zero-order valence-corrected chi connectivity index (χ0v) is 15.6. The zero-order chi connectivity index (χ0) is 19.4. The van der Waals surface area contributed by atoms with E-state index in [1.54, 1.807) is 42.2 Å². The second-order valence-corrected chi connectivity index (χ2v) is 6.86. The van der Waals surface area contributed by atoms with E-state index in [9.17, 15) is 10.1 Å². The molecule has 9 heteroatoms. The molecule has 2 aromatic rings. The summed E-state index contributed by atoms with van der Waals surface area (Å²) in [6, 6.07) is 9.22. The molecule has 0 saturated heterocycles. The summed E-state index contributed by atoms with van der Waals surface area (Å²) in [6.45, 7) is 0. The number of primary amides is 1. The van der Waals surface area contributed by atoms with E-state index in [2.05, 4.69) is 22.0 Å². The van der Waals surface area contributed by atoms with Crippen LogP contribution in [0.2, 0.25) is 5.02 Å². The van der Waals surface area contributed by atoms with Gasteiger partial charge in [-0.05, 0) is 43.5 Å². The lowest BCUT2D eigenvalue weighted by Gasteiger charge is -2.31. The minimum absolute atomic E-state index is 0.0197. The summed E-state index contributed by atoms with van der Waals surface area (Å²) in [5, 5.41) is 17.8. The molecule has 142 valence electrons. The van der Waals surface area contributed by atoms with E-state index in [1.165, 1.54) is 0 Å². The van der Waals surface area contributed by atoms with E-state index in [0.29, 0.717) is 23.7 Å². The van der Waals surface area contributed by atoms with Gasteiger partial charge in [-0.3, -0.25) is 14.3 Å². The largest absolute Gasteiger partial charge is 0.365 e. The summed E-state index contributed by atoms with van der Waals surface area (Å²) in [5.74, 6) is -0.505. The average Bonchev–Trinajstić information content (AvgIpc) is 3.07. The molecule has 8 nitrogen and oxygen atoms in total. The second kappa shape index (κ2) is 8.39. The van der Waals surface area contributed by atoms with Gasteiger partial charge < -0.3 is 11.1 Å². The van der Waals surface area contributed by atoms with Crippen LogP contribution in [0.15, 0.2) is 30.5 Å². The molecule has 1 fully saturated rings. The van der Waals surface area contributed by atoms with E-state index in [1.807, 2.05) is 0 Å². The van der Waals surface area contributed by atoms with Crippen LogP contribution in [0.25, 0.3) is 0 Å². The third-order valence-electron chi connectivity index (χ3n) is 4.66. The average molecular weight is 389 g/mol. The van der Waals surface area contributed by atoms with Crippen molar-refractivity contribution in [3.8, 4) is 6.07 Å². The van der Waals surface area contributed by atoms with Gasteiger partial charge in [0.2, 0.25) is 0 Å². The Bertz CT molecular complexity index is 845. The number of hydrogen-bond donors (Lipinski definition) is 3. The molecule has 1 amide bonds. The quantitative estimate of drug-likeness (QED) is 0.655. The number of nitrogens with zero attached hydrogens (tertiary/aromatic N) is 3. The summed E-state index contributed by atoms with van der Waals surface area (Å²) < 4.78 is 1.67. The van der Waals surface area contributed by atoms with Gasteiger partial charge >= 0.3 is 0 Å². The molecule has 1 aromatic heterocycles. The molecule has 1 aliphatic rings. The van der Waals surface area contributed by atoms with Crippen molar-refractivity contribution < 1.29 is 9.63 Å². The number of halogens is 1. The molecule has 0 bridgehead atoms. The maximum atomic E-state index is 11.9. The van der Waals surface area contributed by atoms with Gasteiger partial charge in [0, 0.05) is 24.0 Å². The van der Waals surface area contributed by atoms with Crippen molar-refractivity contribution in [2.45, 2.75) is 31.4 Å². The van der Waals surface area contributed by atoms with Gasteiger partial charge in [-0.15, -0.1) is 0 Å². The van der Waals surface area contributed by atoms with Crippen molar-refractivity contribution >= 4 is 29.0 Å². The van der Waals surface area contributed by atoms with Crippen molar-refractivity contribution in [3.63, 3.8) is 0 Å². The molecule has 4 N–H and O–H groups in total. The number of nitrogens with one attached hydrogen (secondary N) is 2. The summed E-state index contributed by atoms with van der Waals surface area (Å²) in [6.07, 6.45) is 3.68. The summed E-state index contributed by atoms with van der Waals surface area (Å²) >= 11 is 5.90. The van der Waals surface area contributed by atoms with E-state index < -0.39 is 5.91 Å². The van der Waals surface area contributed by atoms with Crippen LogP contribution in [0.5, 0.6) is 0 Å². The molecule has 3 rings (SSSR count). The Morgan fingerprint density at radius 1 is 1.41 bits per heavy atom. The second-order valence-electron chi connectivity index (χ2n) is 6.43. The van der Waals surface area contributed by atoms with Crippen LogP contribution >= 0.6 is 11.6 Å². The number of aromatic nitrogens is 2. The van der Waals surface area contributed by atoms with Gasteiger partial charge in [-0.1, -0.05) is 11.6 Å². The predicted molar refractivity (Wildman–Crippen MR) is 101 cm³/mol. The number of nitrogens with two attached hydrogens (primary N) is 1. The molecule has 1 heterocycles. The first-order valence-electron chi connectivity index (χ1n) is 8.65. The molecule has 1 aliphatic carbocycles. The van der Waals surface area contributed by atoms with Crippen LogP contribution in [0, 0.1) is 17.2 Å². The highest BCUT2D eigenvalue weighted by atomic mass is 35.5. The first-order chi connectivity index (χ1) is 13.0. The lowest BCUT2D eigenvalue weighted by molar-refractivity contribution is -0.0451. The predicted octanol–water partition coefficient (Wildman–Crippen LogP) is 2.76. The molecule has 1 aromatic carbocycles. The number of amides is 1. The maximum Gasteiger partial charge on any atom is 0.254 e. The van der Waals surface area contributed by atoms with Crippen LogP contribution in [0.1, 0.15) is 35.7 Å².